The fourth-order valence-corrected chi connectivity index (χ4v) is 4.21. The molecule has 1 aliphatic heterocycles. The van der Waals surface area contributed by atoms with Crippen molar-refractivity contribution in [1.82, 2.24) is 10.2 Å². The van der Waals surface area contributed by atoms with Crippen molar-refractivity contribution in [2.24, 2.45) is 16.6 Å². The van der Waals surface area contributed by atoms with Crippen LogP contribution in [0, 0.1) is 5.92 Å². The Hall–Kier alpha value is -2.04. The molecule has 178 valence electrons. The van der Waals surface area contributed by atoms with Gasteiger partial charge >= 0.3 is 6.09 Å². The first-order valence-corrected chi connectivity index (χ1v) is 11.4. The van der Waals surface area contributed by atoms with Crippen LogP contribution in [0.3, 0.4) is 0 Å². The summed E-state index contributed by atoms with van der Waals surface area (Å²) >= 11 is 0. The molecule has 0 aromatic heterocycles. The standard InChI is InChI=1S/C23H35N5O3.HI/c1-2-31-23(30)28-13-11-19(12-14-28)27-22(24)25-16-17-7-6-10-20(15-17)26-21(29)18-8-4-3-5-9-18;/h6-7,10,15,18-19H,2-5,8-9,11-14,16H2,1H3,(H,26,29)(H3,24,25,27);1H. The molecule has 4 N–H and O–H groups in total. The molecule has 0 bridgehead atoms. The topological polar surface area (TPSA) is 109 Å². The van der Waals surface area contributed by atoms with Gasteiger partial charge in [0.05, 0.1) is 13.2 Å². The highest BCUT2D eigenvalue weighted by Gasteiger charge is 2.24. The average molecular weight is 557 g/mol. The summed E-state index contributed by atoms with van der Waals surface area (Å²) < 4.78 is 5.05. The van der Waals surface area contributed by atoms with E-state index < -0.39 is 0 Å². The molecule has 1 aromatic rings. The molecule has 1 aromatic carbocycles. The number of guanidine groups is 1. The number of rotatable bonds is 6. The Labute approximate surface area is 207 Å². The Kier molecular flexibility index (Phi) is 11.1. The highest BCUT2D eigenvalue weighted by atomic mass is 127. The summed E-state index contributed by atoms with van der Waals surface area (Å²) in [5.41, 5.74) is 7.87. The molecule has 0 spiro atoms. The lowest BCUT2D eigenvalue weighted by atomic mass is 9.88. The molecular weight excluding hydrogens is 521 g/mol. The van der Waals surface area contributed by atoms with Gasteiger partial charge in [0, 0.05) is 30.7 Å². The summed E-state index contributed by atoms with van der Waals surface area (Å²) in [5.74, 6) is 0.646. The number of hydrogen-bond donors (Lipinski definition) is 3. The normalized spacial score (nSPS) is 17.9. The SMILES string of the molecule is CCOC(=O)N1CCC(NC(N)=NCc2cccc(NC(=O)C3CCCCC3)c2)CC1.I. The van der Waals surface area contributed by atoms with E-state index in [1.54, 1.807) is 4.90 Å². The van der Waals surface area contributed by atoms with E-state index in [4.69, 9.17) is 10.5 Å². The second-order valence-electron chi connectivity index (χ2n) is 8.33. The molecule has 32 heavy (non-hydrogen) atoms. The number of ether oxygens (including phenoxy) is 1. The molecule has 3 rings (SSSR count). The number of nitrogens with two attached hydrogens (primary N) is 1. The molecule has 1 heterocycles. The van der Waals surface area contributed by atoms with Gasteiger partial charge in [0.2, 0.25) is 5.91 Å². The summed E-state index contributed by atoms with van der Waals surface area (Å²) in [6.45, 7) is 3.93. The minimum atomic E-state index is -0.252. The number of hydrogen-bond acceptors (Lipinski definition) is 4. The van der Waals surface area contributed by atoms with Gasteiger partial charge in [-0.3, -0.25) is 4.79 Å². The molecule has 8 nitrogen and oxygen atoms in total. The molecule has 1 aliphatic carbocycles. The number of carbonyl (C=O) groups excluding carboxylic acids is 2. The number of nitrogens with one attached hydrogen (secondary N) is 2. The maximum absolute atomic E-state index is 12.5. The number of amides is 2. The minimum Gasteiger partial charge on any atom is -0.450 e. The number of carbonyl (C=O) groups is 2. The number of anilines is 1. The first kappa shape index (κ1) is 26.2. The summed E-state index contributed by atoms with van der Waals surface area (Å²) in [4.78, 5) is 30.4. The first-order chi connectivity index (χ1) is 15.0. The van der Waals surface area contributed by atoms with E-state index in [0.29, 0.717) is 32.2 Å². The first-order valence-electron chi connectivity index (χ1n) is 11.4. The van der Waals surface area contributed by atoms with Crippen LogP contribution in [0.2, 0.25) is 0 Å². The van der Waals surface area contributed by atoms with E-state index >= 15 is 0 Å². The van der Waals surface area contributed by atoms with Crippen molar-refractivity contribution in [1.29, 1.82) is 0 Å². The Balaban J connectivity index is 0.00000363. The van der Waals surface area contributed by atoms with Gasteiger partial charge in [0.15, 0.2) is 5.96 Å². The number of nitrogens with zero attached hydrogens (tertiary/aromatic N) is 2. The van der Waals surface area contributed by atoms with Crippen LogP contribution in [0.25, 0.3) is 0 Å². The molecule has 2 fully saturated rings. The van der Waals surface area contributed by atoms with Crippen molar-refractivity contribution in [3.63, 3.8) is 0 Å². The summed E-state index contributed by atoms with van der Waals surface area (Å²) in [6, 6.07) is 7.96. The quantitative estimate of drug-likeness (QED) is 0.280. The maximum Gasteiger partial charge on any atom is 0.409 e. The fraction of sp³-hybridized carbons (Fsp3) is 0.609. The predicted molar refractivity (Wildman–Crippen MR) is 137 cm³/mol. The van der Waals surface area contributed by atoms with Gasteiger partial charge in [-0.25, -0.2) is 9.79 Å². The lowest BCUT2D eigenvalue weighted by Crippen LogP contribution is -2.48. The van der Waals surface area contributed by atoms with Crippen LogP contribution in [-0.4, -0.2) is 48.6 Å². The molecule has 2 amide bonds. The van der Waals surface area contributed by atoms with E-state index in [-0.39, 0.29) is 47.9 Å². The van der Waals surface area contributed by atoms with Gasteiger partial charge in [-0.15, -0.1) is 24.0 Å². The van der Waals surface area contributed by atoms with Crippen LogP contribution < -0.4 is 16.4 Å². The number of benzene rings is 1. The molecule has 2 aliphatic rings. The maximum atomic E-state index is 12.5. The van der Waals surface area contributed by atoms with Crippen molar-refractivity contribution in [2.45, 2.75) is 64.5 Å². The number of likely N-dealkylation sites (tertiary alicyclic amines) is 1. The van der Waals surface area contributed by atoms with Crippen molar-refractivity contribution in [3.05, 3.63) is 29.8 Å². The second kappa shape index (κ2) is 13.5. The highest BCUT2D eigenvalue weighted by Crippen LogP contribution is 2.25. The van der Waals surface area contributed by atoms with E-state index in [9.17, 15) is 9.59 Å². The molecule has 0 unspecified atom stereocenters. The largest absolute Gasteiger partial charge is 0.450 e. The van der Waals surface area contributed by atoms with Gasteiger partial charge in [-0.1, -0.05) is 31.4 Å². The fourth-order valence-electron chi connectivity index (χ4n) is 4.21. The zero-order valence-corrected chi connectivity index (χ0v) is 21.2. The monoisotopic (exact) mass is 557 g/mol. The average Bonchev–Trinajstić information content (AvgIpc) is 2.79. The molecule has 1 saturated heterocycles. The zero-order chi connectivity index (χ0) is 22.1. The van der Waals surface area contributed by atoms with Crippen molar-refractivity contribution in [3.8, 4) is 0 Å². The van der Waals surface area contributed by atoms with Gasteiger partial charge in [-0.05, 0) is 50.3 Å². The minimum absolute atomic E-state index is 0. The molecular formula is C23H36IN5O3. The van der Waals surface area contributed by atoms with Crippen LogP contribution in [0.4, 0.5) is 10.5 Å². The lowest BCUT2D eigenvalue weighted by molar-refractivity contribution is -0.120. The van der Waals surface area contributed by atoms with Crippen molar-refractivity contribution >= 4 is 47.6 Å². The number of halogens is 1. The van der Waals surface area contributed by atoms with Crippen LogP contribution in [0.15, 0.2) is 29.3 Å². The Morgan fingerprint density at radius 2 is 1.88 bits per heavy atom. The smallest absolute Gasteiger partial charge is 0.409 e. The predicted octanol–water partition coefficient (Wildman–Crippen LogP) is 3.85. The molecule has 1 saturated carbocycles. The molecule has 0 radical (unpaired) electrons. The Morgan fingerprint density at radius 1 is 1.16 bits per heavy atom. The highest BCUT2D eigenvalue weighted by molar-refractivity contribution is 14.0. The van der Waals surface area contributed by atoms with E-state index in [2.05, 4.69) is 15.6 Å². The number of piperidine rings is 1. The second-order valence-corrected chi connectivity index (χ2v) is 8.33. The molecule has 9 heteroatoms. The van der Waals surface area contributed by atoms with E-state index in [1.165, 1.54) is 6.42 Å². The third kappa shape index (κ3) is 8.14. The Morgan fingerprint density at radius 3 is 2.56 bits per heavy atom. The van der Waals surface area contributed by atoms with Crippen LogP contribution in [0.1, 0.15) is 57.4 Å². The Bertz CT molecular complexity index is 775. The van der Waals surface area contributed by atoms with Gasteiger partial charge < -0.3 is 26.0 Å². The van der Waals surface area contributed by atoms with Crippen molar-refractivity contribution in [2.75, 3.05) is 25.0 Å². The summed E-state index contributed by atoms with van der Waals surface area (Å²) in [5, 5.41) is 6.30. The van der Waals surface area contributed by atoms with Crippen molar-refractivity contribution < 1.29 is 14.3 Å². The summed E-state index contributed by atoms with van der Waals surface area (Å²) in [6.07, 6.45) is 6.83. The molecule has 0 atom stereocenters. The number of aliphatic imine (C=N–C) groups is 1. The van der Waals surface area contributed by atoms with Crippen LogP contribution in [-0.2, 0) is 16.1 Å². The van der Waals surface area contributed by atoms with E-state index in [0.717, 1.165) is 49.8 Å². The van der Waals surface area contributed by atoms with Gasteiger partial charge in [0.1, 0.15) is 0 Å². The lowest BCUT2D eigenvalue weighted by Gasteiger charge is -2.31. The zero-order valence-electron chi connectivity index (χ0n) is 18.8. The van der Waals surface area contributed by atoms with Gasteiger partial charge in [-0.2, -0.15) is 0 Å². The third-order valence-corrected chi connectivity index (χ3v) is 5.98. The van der Waals surface area contributed by atoms with Crippen LogP contribution >= 0.6 is 24.0 Å². The van der Waals surface area contributed by atoms with E-state index in [1.807, 2.05) is 31.2 Å². The van der Waals surface area contributed by atoms with Gasteiger partial charge in [0.25, 0.3) is 0 Å². The van der Waals surface area contributed by atoms with Crippen LogP contribution in [0.5, 0.6) is 0 Å². The summed E-state index contributed by atoms with van der Waals surface area (Å²) in [7, 11) is 0. The third-order valence-electron chi connectivity index (χ3n) is 5.98.